The Kier molecular flexibility index (Phi) is 5.64. The van der Waals surface area contributed by atoms with Crippen LogP contribution in [0.3, 0.4) is 0 Å². The summed E-state index contributed by atoms with van der Waals surface area (Å²) in [5.41, 5.74) is 0. The second-order valence-corrected chi connectivity index (χ2v) is 7.13. The summed E-state index contributed by atoms with van der Waals surface area (Å²) in [5, 5.41) is 4.53. The Morgan fingerprint density at radius 3 is 2.76 bits per heavy atom. The molecule has 2 aliphatic rings. The number of rotatable bonds is 5. The van der Waals surface area contributed by atoms with E-state index in [4.69, 9.17) is 0 Å². The molecule has 100 valence electrons. The molecule has 0 aromatic rings. The monoisotopic (exact) mass is 256 g/mol. The van der Waals surface area contributed by atoms with Crippen molar-refractivity contribution in [2.24, 2.45) is 0 Å². The molecule has 0 amide bonds. The van der Waals surface area contributed by atoms with Gasteiger partial charge >= 0.3 is 0 Å². The molecule has 1 heterocycles. The van der Waals surface area contributed by atoms with Crippen LogP contribution in [-0.2, 0) is 0 Å². The minimum Gasteiger partial charge on any atom is -0.314 e. The van der Waals surface area contributed by atoms with E-state index in [1.807, 2.05) is 0 Å². The van der Waals surface area contributed by atoms with E-state index in [1.165, 1.54) is 57.5 Å². The molecule has 17 heavy (non-hydrogen) atoms. The highest BCUT2D eigenvalue weighted by Crippen LogP contribution is 2.24. The lowest BCUT2D eigenvalue weighted by Crippen LogP contribution is -2.45. The highest BCUT2D eigenvalue weighted by Gasteiger charge is 2.24. The Hall–Kier alpha value is 0.270. The van der Waals surface area contributed by atoms with Crippen molar-refractivity contribution in [2.45, 2.75) is 63.3 Å². The van der Waals surface area contributed by atoms with Crippen molar-refractivity contribution in [1.82, 2.24) is 10.2 Å². The van der Waals surface area contributed by atoms with Gasteiger partial charge in [-0.3, -0.25) is 4.90 Å². The smallest absolute Gasteiger partial charge is 0.0184 e. The van der Waals surface area contributed by atoms with Gasteiger partial charge in [-0.25, -0.2) is 0 Å². The van der Waals surface area contributed by atoms with Gasteiger partial charge in [0.2, 0.25) is 0 Å². The summed E-state index contributed by atoms with van der Waals surface area (Å²) in [6.45, 7) is 8.56. The van der Waals surface area contributed by atoms with Crippen LogP contribution in [0.15, 0.2) is 0 Å². The Morgan fingerprint density at radius 2 is 2.00 bits per heavy atom. The normalized spacial score (nSPS) is 32.1. The lowest BCUT2D eigenvalue weighted by atomic mass is 10.2. The van der Waals surface area contributed by atoms with Crippen LogP contribution in [0.2, 0.25) is 0 Å². The molecule has 0 radical (unpaired) electrons. The summed E-state index contributed by atoms with van der Waals surface area (Å²) in [6, 6.07) is 1.60. The zero-order chi connectivity index (χ0) is 12.1. The first-order valence-corrected chi connectivity index (χ1v) is 8.41. The first kappa shape index (κ1) is 13.7. The molecule has 1 aliphatic carbocycles. The van der Waals surface area contributed by atoms with Crippen LogP contribution in [0.1, 0.15) is 46.0 Å². The summed E-state index contributed by atoms with van der Waals surface area (Å²) >= 11 is 2.13. The average Bonchev–Trinajstić information content (AvgIpc) is 2.83. The number of hydrogen-bond acceptors (Lipinski definition) is 3. The Bertz CT molecular complexity index is 216. The molecular weight excluding hydrogens is 228 g/mol. The Morgan fingerprint density at radius 1 is 1.24 bits per heavy atom. The standard InChI is InChI=1S/C14H28N2S/c1-12-13(2)17-11-10-16(12)9-5-8-15-14-6-3-4-7-14/h12-15H,3-11H2,1-2H3. The quantitative estimate of drug-likeness (QED) is 0.762. The molecule has 1 saturated heterocycles. The van der Waals surface area contributed by atoms with E-state index >= 15 is 0 Å². The summed E-state index contributed by atoms with van der Waals surface area (Å²) < 4.78 is 0. The summed E-state index contributed by atoms with van der Waals surface area (Å²) in [4.78, 5) is 2.68. The third-order valence-corrected chi connectivity index (χ3v) is 5.76. The van der Waals surface area contributed by atoms with Crippen LogP contribution in [0, 0.1) is 0 Å². The fraction of sp³-hybridized carbons (Fsp3) is 1.00. The zero-order valence-electron chi connectivity index (χ0n) is 11.5. The predicted molar refractivity (Wildman–Crippen MR) is 77.8 cm³/mol. The lowest BCUT2D eigenvalue weighted by molar-refractivity contribution is 0.209. The van der Waals surface area contributed by atoms with Crippen LogP contribution >= 0.6 is 11.8 Å². The molecule has 2 rings (SSSR count). The maximum absolute atomic E-state index is 3.72. The van der Waals surface area contributed by atoms with Gasteiger partial charge in [0.05, 0.1) is 0 Å². The molecule has 2 atom stereocenters. The summed E-state index contributed by atoms with van der Waals surface area (Å²) in [6.07, 6.45) is 7.02. The van der Waals surface area contributed by atoms with Crippen LogP contribution in [0.25, 0.3) is 0 Å². The fourth-order valence-corrected chi connectivity index (χ4v) is 4.19. The molecule has 0 bridgehead atoms. The highest BCUT2D eigenvalue weighted by molar-refractivity contribution is 8.00. The number of nitrogens with zero attached hydrogens (tertiary/aromatic N) is 1. The van der Waals surface area contributed by atoms with Gasteiger partial charge in [0.25, 0.3) is 0 Å². The van der Waals surface area contributed by atoms with Crippen LogP contribution in [-0.4, -0.2) is 47.6 Å². The molecule has 2 fully saturated rings. The maximum Gasteiger partial charge on any atom is 0.0184 e. The second-order valence-electron chi connectivity index (χ2n) is 5.64. The van der Waals surface area contributed by atoms with E-state index in [2.05, 4.69) is 35.8 Å². The van der Waals surface area contributed by atoms with Gasteiger partial charge < -0.3 is 5.32 Å². The van der Waals surface area contributed by atoms with E-state index in [9.17, 15) is 0 Å². The second kappa shape index (κ2) is 7.01. The van der Waals surface area contributed by atoms with Crippen LogP contribution < -0.4 is 5.32 Å². The molecular formula is C14H28N2S. The average molecular weight is 256 g/mol. The summed E-state index contributed by atoms with van der Waals surface area (Å²) in [5.74, 6) is 1.32. The first-order valence-electron chi connectivity index (χ1n) is 7.36. The van der Waals surface area contributed by atoms with Crippen molar-refractivity contribution in [3.8, 4) is 0 Å². The van der Waals surface area contributed by atoms with Crippen molar-refractivity contribution >= 4 is 11.8 Å². The van der Waals surface area contributed by atoms with E-state index in [0.717, 1.165) is 17.3 Å². The van der Waals surface area contributed by atoms with Gasteiger partial charge in [-0.2, -0.15) is 11.8 Å². The third-order valence-electron chi connectivity index (χ3n) is 4.42. The minimum atomic E-state index is 0.764. The van der Waals surface area contributed by atoms with E-state index in [1.54, 1.807) is 0 Å². The number of hydrogen-bond donors (Lipinski definition) is 1. The lowest BCUT2D eigenvalue weighted by Gasteiger charge is -2.37. The minimum absolute atomic E-state index is 0.764. The van der Waals surface area contributed by atoms with E-state index < -0.39 is 0 Å². The zero-order valence-corrected chi connectivity index (χ0v) is 12.3. The van der Waals surface area contributed by atoms with Gasteiger partial charge in [-0.15, -0.1) is 0 Å². The molecule has 1 N–H and O–H groups in total. The largest absolute Gasteiger partial charge is 0.314 e. The van der Waals surface area contributed by atoms with Crippen molar-refractivity contribution in [1.29, 1.82) is 0 Å². The van der Waals surface area contributed by atoms with Crippen LogP contribution in [0.4, 0.5) is 0 Å². The Balaban J connectivity index is 1.57. The van der Waals surface area contributed by atoms with Gasteiger partial charge in [0, 0.05) is 29.6 Å². The third kappa shape index (κ3) is 4.15. The molecule has 2 unspecified atom stereocenters. The molecule has 1 saturated carbocycles. The van der Waals surface area contributed by atoms with Crippen molar-refractivity contribution in [3.63, 3.8) is 0 Å². The SMILES string of the molecule is CC1SCCN(CCCNC2CCCC2)C1C. The van der Waals surface area contributed by atoms with Crippen molar-refractivity contribution in [3.05, 3.63) is 0 Å². The van der Waals surface area contributed by atoms with Gasteiger partial charge in [0.15, 0.2) is 0 Å². The van der Waals surface area contributed by atoms with Crippen molar-refractivity contribution < 1.29 is 0 Å². The van der Waals surface area contributed by atoms with Gasteiger partial charge in [-0.1, -0.05) is 19.8 Å². The first-order chi connectivity index (χ1) is 8.27. The number of thioether (sulfide) groups is 1. The topological polar surface area (TPSA) is 15.3 Å². The number of nitrogens with one attached hydrogen (secondary N) is 1. The maximum atomic E-state index is 3.72. The highest BCUT2D eigenvalue weighted by atomic mass is 32.2. The van der Waals surface area contributed by atoms with E-state index in [0.29, 0.717) is 0 Å². The van der Waals surface area contributed by atoms with Crippen molar-refractivity contribution in [2.75, 3.05) is 25.4 Å². The predicted octanol–water partition coefficient (Wildman–Crippen LogP) is 2.73. The molecule has 0 aromatic heterocycles. The molecule has 3 heteroatoms. The van der Waals surface area contributed by atoms with Gasteiger partial charge in [0.1, 0.15) is 0 Å². The van der Waals surface area contributed by atoms with E-state index in [-0.39, 0.29) is 0 Å². The fourth-order valence-electron chi connectivity index (χ4n) is 3.03. The molecule has 0 spiro atoms. The Labute approximate surface area is 111 Å². The van der Waals surface area contributed by atoms with Crippen LogP contribution in [0.5, 0.6) is 0 Å². The molecule has 2 nitrogen and oxygen atoms in total. The molecule has 1 aliphatic heterocycles. The summed E-state index contributed by atoms with van der Waals surface area (Å²) in [7, 11) is 0. The van der Waals surface area contributed by atoms with Gasteiger partial charge in [-0.05, 0) is 39.3 Å². The molecule has 0 aromatic carbocycles.